The Morgan fingerprint density at radius 3 is 2.62 bits per heavy atom. The van der Waals surface area contributed by atoms with Crippen molar-refractivity contribution in [1.29, 1.82) is 0 Å². The molecule has 0 bridgehead atoms. The number of hydrogen-bond acceptors (Lipinski definition) is 6. The highest BCUT2D eigenvalue weighted by atomic mass is 16.3. The second-order valence-electron chi connectivity index (χ2n) is 4.25. The van der Waals surface area contributed by atoms with Crippen LogP contribution < -0.4 is 16.0 Å². The average molecular weight is 225 g/mol. The van der Waals surface area contributed by atoms with Crippen molar-refractivity contribution in [2.45, 2.75) is 19.4 Å². The van der Waals surface area contributed by atoms with Gasteiger partial charge in [0.25, 0.3) is 0 Å². The van der Waals surface area contributed by atoms with Gasteiger partial charge in [-0.25, -0.2) is 0 Å². The number of nitrogen functional groups attached to an aromatic ring is 1. The predicted octanol–water partition coefficient (Wildman–Crippen LogP) is 0.308. The van der Waals surface area contributed by atoms with Gasteiger partial charge in [-0.05, 0) is 13.8 Å². The van der Waals surface area contributed by atoms with Crippen LogP contribution in [-0.4, -0.2) is 41.3 Å². The minimum atomic E-state index is -0.397. The highest BCUT2D eigenvalue weighted by Gasteiger charge is 2.24. The fraction of sp³-hybridized carbons (Fsp3) is 0.600. The lowest BCUT2D eigenvalue weighted by molar-refractivity contribution is 0.215. The van der Waals surface area contributed by atoms with Crippen molar-refractivity contribution in [3.05, 3.63) is 6.07 Å². The maximum absolute atomic E-state index is 9.29. The lowest BCUT2D eigenvalue weighted by atomic mass is 10.1. The molecule has 0 aromatic carbocycles. The van der Waals surface area contributed by atoms with Gasteiger partial charge in [0, 0.05) is 20.2 Å². The van der Waals surface area contributed by atoms with E-state index in [1.807, 2.05) is 25.8 Å². The molecule has 0 saturated heterocycles. The van der Waals surface area contributed by atoms with Crippen LogP contribution in [0.15, 0.2) is 6.07 Å². The summed E-state index contributed by atoms with van der Waals surface area (Å²) in [6.07, 6.45) is 0. The first-order chi connectivity index (χ1) is 7.40. The minimum Gasteiger partial charge on any atom is -0.394 e. The number of nitrogens with zero attached hydrogens (tertiary/aromatic N) is 3. The third kappa shape index (κ3) is 2.52. The van der Waals surface area contributed by atoms with Crippen LogP contribution in [0, 0.1) is 0 Å². The Kier molecular flexibility index (Phi) is 3.54. The first kappa shape index (κ1) is 12.5. The first-order valence-electron chi connectivity index (χ1n) is 5.07. The van der Waals surface area contributed by atoms with Crippen molar-refractivity contribution in [1.82, 2.24) is 9.97 Å². The van der Waals surface area contributed by atoms with Gasteiger partial charge in [-0.15, -0.1) is 0 Å². The van der Waals surface area contributed by atoms with Crippen LogP contribution >= 0.6 is 0 Å². The van der Waals surface area contributed by atoms with Crippen LogP contribution in [0.5, 0.6) is 0 Å². The maximum atomic E-state index is 9.29. The Hall–Kier alpha value is -1.56. The summed E-state index contributed by atoms with van der Waals surface area (Å²) in [7, 11) is 3.63. The molecule has 6 nitrogen and oxygen atoms in total. The number of hydrogen-bond donors (Lipinski definition) is 3. The highest BCUT2D eigenvalue weighted by molar-refractivity contribution is 5.53. The molecule has 0 aliphatic heterocycles. The molecule has 0 atom stereocenters. The molecule has 1 heterocycles. The van der Waals surface area contributed by atoms with E-state index < -0.39 is 5.54 Å². The third-order valence-corrected chi connectivity index (χ3v) is 2.62. The van der Waals surface area contributed by atoms with Gasteiger partial charge in [0.2, 0.25) is 5.95 Å². The van der Waals surface area contributed by atoms with Gasteiger partial charge >= 0.3 is 0 Å². The molecule has 16 heavy (non-hydrogen) atoms. The van der Waals surface area contributed by atoms with E-state index >= 15 is 0 Å². The number of nitrogens with one attached hydrogen (secondary N) is 1. The van der Waals surface area contributed by atoms with Gasteiger partial charge in [-0.2, -0.15) is 9.97 Å². The van der Waals surface area contributed by atoms with E-state index in [2.05, 4.69) is 15.3 Å². The molecule has 0 fully saturated rings. The van der Waals surface area contributed by atoms with Crippen LogP contribution in [-0.2, 0) is 0 Å². The standard InChI is InChI=1S/C10H19N5O/c1-10(2,6-16)15(4)8-5-7(12-3)13-9(11)14-8/h5,16H,6H2,1-4H3,(H3,11,12,13,14). The molecule has 0 aliphatic rings. The fourth-order valence-corrected chi connectivity index (χ4v) is 1.17. The predicted molar refractivity (Wildman–Crippen MR) is 65.6 cm³/mol. The average Bonchev–Trinajstić information content (AvgIpc) is 2.27. The number of aliphatic hydroxyl groups is 1. The van der Waals surface area contributed by atoms with E-state index in [4.69, 9.17) is 5.73 Å². The fourth-order valence-electron chi connectivity index (χ4n) is 1.17. The van der Waals surface area contributed by atoms with Gasteiger partial charge in [0.1, 0.15) is 11.6 Å². The van der Waals surface area contributed by atoms with Crippen molar-refractivity contribution in [3.8, 4) is 0 Å². The molecule has 1 aromatic rings. The van der Waals surface area contributed by atoms with Crippen molar-refractivity contribution < 1.29 is 5.11 Å². The number of anilines is 3. The van der Waals surface area contributed by atoms with E-state index in [0.717, 1.165) is 0 Å². The normalized spacial score (nSPS) is 11.3. The monoisotopic (exact) mass is 225 g/mol. The number of aliphatic hydroxyl groups excluding tert-OH is 1. The summed E-state index contributed by atoms with van der Waals surface area (Å²) in [4.78, 5) is 10.0. The summed E-state index contributed by atoms with van der Waals surface area (Å²) in [5.74, 6) is 1.54. The molecule has 1 rings (SSSR count). The van der Waals surface area contributed by atoms with Crippen molar-refractivity contribution in [3.63, 3.8) is 0 Å². The summed E-state index contributed by atoms with van der Waals surface area (Å²) in [5.41, 5.74) is 5.21. The lowest BCUT2D eigenvalue weighted by Crippen LogP contribution is -2.44. The smallest absolute Gasteiger partial charge is 0.223 e. The van der Waals surface area contributed by atoms with Gasteiger partial charge in [0.05, 0.1) is 12.1 Å². The zero-order valence-corrected chi connectivity index (χ0v) is 10.2. The van der Waals surface area contributed by atoms with Gasteiger partial charge in [-0.3, -0.25) is 0 Å². The molecule has 0 aliphatic carbocycles. The summed E-state index contributed by atoms with van der Waals surface area (Å²) in [6, 6.07) is 1.79. The van der Waals surface area contributed by atoms with Crippen LogP contribution in [0.25, 0.3) is 0 Å². The van der Waals surface area contributed by atoms with E-state index in [9.17, 15) is 5.11 Å². The Bertz CT molecular complexity index is 366. The zero-order valence-electron chi connectivity index (χ0n) is 10.2. The maximum Gasteiger partial charge on any atom is 0.223 e. The molecule has 0 unspecified atom stereocenters. The Balaban J connectivity index is 3.08. The van der Waals surface area contributed by atoms with E-state index in [0.29, 0.717) is 11.6 Å². The van der Waals surface area contributed by atoms with Crippen molar-refractivity contribution in [2.75, 3.05) is 36.7 Å². The van der Waals surface area contributed by atoms with E-state index in [1.165, 1.54) is 0 Å². The number of likely N-dealkylation sites (N-methyl/N-ethyl adjacent to an activating group) is 1. The Morgan fingerprint density at radius 1 is 1.50 bits per heavy atom. The van der Waals surface area contributed by atoms with E-state index in [-0.39, 0.29) is 12.6 Å². The Labute approximate surface area is 95.5 Å². The summed E-state index contributed by atoms with van der Waals surface area (Å²) in [6.45, 7) is 3.87. The molecule has 90 valence electrons. The van der Waals surface area contributed by atoms with Crippen LogP contribution in [0.1, 0.15) is 13.8 Å². The molecule has 0 saturated carbocycles. The zero-order chi connectivity index (χ0) is 12.3. The Morgan fingerprint density at radius 2 is 2.12 bits per heavy atom. The van der Waals surface area contributed by atoms with Crippen LogP contribution in [0.3, 0.4) is 0 Å². The SMILES string of the molecule is CNc1cc(N(C)C(C)(C)CO)nc(N)n1. The van der Waals surface area contributed by atoms with Gasteiger partial charge in [0.15, 0.2) is 0 Å². The van der Waals surface area contributed by atoms with Crippen molar-refractivity contribution in [2.24, 2.45) is 0 Å². The number of aromatic nitrogens is 2. The number of nitrogens with two attached hydrogens (primary N) is 1. The molecule has 4 N–H and O–H groups in total. The summed E-state index contributed by atoms with van der Waals surface area (Å²) >= 11 is 0. The second kappa shape index (κ2) is 4.52. The highest BCUT2D eigenvalue weighted by Crippen LogP contribution is 2.22. The van der Waals surface area contributed by atoms with Crippen LogP contribution in [0.2, 0.25) is 0 Å². The van der Waals surface area contributed by atoms with Crippen molar-refractivity contribution >= 4 is 17.6 Å². The third-order valence-electron chi connectivity index (χ3n) is 2.62. The molecular weight excluding hydrogens is 206 g/mol. The topological polar surface area (TPSA) is 87.3 Å². The summed E-state index contributed by atoms with van der Waals surface area (Å²) < 4.78 is 0. The molecule has 6 heteroatoms. The quantitative estimate of drug-likeness (QED) is 0.683. The molecule has 0 radical (unpaired) electrons. The molecule has 1 aromatic heterocycles. The molecular formula is C10H19N5O. The number of rotatable bonds is 4. The lowest BCUT2D eigenvalue weighted by Gasteiger charge is -2.34. The van der Waals surface area contributed by atoms with E-state index in [1.54, 1.807) is 13.1 Å². The first-order valence-corrected chi connectivity index (χ1v) is 5.07. The van der Waals surface area contributed by atoms with Gasteiger partial charge < -0.3 is 21.1 Å². The molecule has 0 amide bonds. The minimum absolute atomic E-state index is 0.0301. The summed E-state index contributed by atoms with van der Waals surface area (Å²) in [5, 5.41) is 12.2. The molecule has 0 spiro atoms. The second-order valence-corrected chi connectivity index (χ2v) is 4.25. The van der Waals surface area contributed by atoms with Gasteiger partial charge in [-0.1, -0.05) is 0 Å². The van der Waals surface area contributed by atoms with Crippen LogP contribution in [0.4, 0.5) is 17.6 Å². The largest absolute Gasteiger partial charge is 0.394 e.